The van der Waals surface area contributed by atoms with Crippen LogP contribution in [0.4, 0.5) is 5.69 Å². The summed E-state index contributed by atoms with van der Waals surface area (Å²) in [4.78, 5) is 50.5. The maximum Gasteiger partial charge on any atom is 0.338 e. The quantitative estimate of drug-likeness (QED) is 0.381. The van der Waals surface area contributed by atoms with Crippen molar-refractivity contribution in [3.8, 4) is 0 Å². The summed E-state index contributed by atoms with van der Waals surface area (Å²) < 4.78 is 10.00. The number of fused-ring (bicyclic) bond motifs is 1. The molecule has 0 unspecified atom stereocenters. The largest absolute Gasteiger partial charge is 0.452 e. The lowest BCUT2D eigenvalue weighted by Crippen LogP contribution is -2.31. The molecular weight excluding hydrogens is 424 g/mol. The first-order valence-corrected chi connectivity index (χ1v) is 9.92. The fraction of sp³-hybridized carbons (Fsp3) is 0.273. The van der Waals surface area contributed by atoms with Crippen LogP contribution in [0.2, 0.25) is 5.02 Å². The van der Waals surface area contributed by atoms with E-state index in [0.717, 1.165) is 4.90 Å². The third-order valence-electron chi connectivity index (χ3n) is 4.81. The van der Waals surface area contributed by atoms with E-state index < -0.39 is 30.3 Å². The van der Waals surface area contributed by atoms with Crippen LogP contribution in [0.1, 0.15) is 43.1 Å². The van der Waals surface area contributed by atoms with Crippen molar-refractivity contribution < 1.29 is 28.7 Å². The van der Waals surface area contributed by atoms with Crippen LogP contribution in [0, 0.1) is 6.92 Å². The topological polar surface area (TPSA) is 102 Å². The first kappa shape index (κ1) is 22.5. The Bertz CT molecular complexity index is 1050. The molecule has 9 heteroatoms. The summed E-state index contributed by atoms with van der Waals surface area (Å²) >= 11 is 6.02. The van der Waals surface area contributed by atoms with Crippen molar-refractivity contribution in [2.75, 3.05) is 32.2 Å². The number of hydrogen-bond acceptors (Lipinski definition) is 6. The van der Waals surface area contributed by atoms with Crippen molar-refractivity contribution in [1.29, 1.82) is 0 Å². The number of hydrogen-bond donors (Lipinski definition) is 1. The minimum Gasteiger partial charge on any atom is -0.452 e. The molecule has 0 saturated carbocycles. The molecule has 0 aromatic heterocycles. The number of carbonyl (C=O) groups excluding carboxylic acids is 4. The summed E-state index contributed by atoms with van der Waals surface area (Å²) in [5.74, 6) is -2.19. The summed E-state index contributed by atoms with van der Waals surface area (Å²) in [6.07, 6.45) is 0.512. The normalized spacial score (nSPS) is 12.7. The van der Waals surface area contributed by atoms with Crippen LogP contribution in [-0.2, 0) is 14.3 Å². The highest BCUT2D eigenvalue weighted by Gasteiger charge is 2.35. The smallest absolute Gasteiger partial charge is 0.338 e. The predicted molar refractivity (Wildman–Crippen MR) is 113 cm³/mol. The molecule has 1 aliphatic heterocycles. The van der Waals surface area contributed by atoms with Crippen LogP contribution in [0.15, 0.2) is 36.4 Å². The van der Waals surface area contributed by atoms with Gasteiger partial charge in [0.1, 0.15) is 0 Å². The summed E-state index contributed by atoms with van der Waals surface area (Å²) in [7, 11) is 1.54. The molecule has 0 spiro atoms. The van der Waals surface area contributed by atoms with Gasteiger partial charge in [0.15, 0.2) is 6.61 Å². The number of ether oxygens (including phenoxy) is 2. The number of nitrogens with one attached hydrogen (secondary N) is 1. The SMILES string of the molecule is COCCCN1C(=O)c2ccc(C(=O)OCC(=O)Nc3cccc(Cl)c3C)cc2C1=O. The van der Waals surface area contributed by atoms with Crippen LogP contribution >= 0.6 is 11.6 Å². The van der Waals surface area contributed by atoms with E-state index in [4.69, 9.17) is 21.1 Å². The van der Waals surface area contributed by atoms with Crippen LogP contribution in [0.5, 0.6) is 0 Å². The molecule has 1 heterocycles. The maximum atomic E-state index is 12.5. The van der Waals surface area contributed by atoms with Gasteiger partial charge in [0, 0.05) is 31.0 Å². The minimum atomic E-state index is -0.779. The molecular formula is C22H21ClN2O6. The van der Waals surface area contributed by atoms with Gasteiger partial charge in [-0.05, 0) is 49.2 Å². The van der Waals surface area contributed by atoms with Crippen molar-refractivity contribution in [3.05, 3.63) is 63.7 Å². The third-order valence-corrected chi connectivity index (χ3v) is 5.22. The number of anilines is 1. The number of nitrogens with zero attached hydrogens (tertiary/aromatic N) is 1. The van der Waals surface area contributed by atoms with E-state index >= 15 is 0 Å². The van der Waals surface area contributed by atoms with Gasteiger partial charge in [0.05, 0.1) is 16.7 Å². The Labute approximate surface area is 184 Å². The molecule has 0 radical (unpaired) electrons. The van der Waals surface area contributed by atoms with Crippen molar-refractivity contribution in [1.82, 2.24) is 4.90 Å². The Morgan fingerprint density at radius 2 is 1.84 bits per heavy atom. The molecule has 1 aliphatic rings. The molecule has 0 atom stereocenters. The van der Waals surface area contributed by atoms with Gasteiger partial charge in [-0.25, -0.2) is 4.79 Å². The zero-order chi connectivity index (χ0) is 22.5. The maximum absolute atomic E-state index is 12.5. The Morgan fingerprint density at radius 1 is 1.10 bits per heavy atom. The zero-order valence-electron chi connectivity index (χ0n) is 17.1. The monoisotopic (exact) mass is 444 g/mol. The highest BCUT2D eigenvalue weighted by Crippen LogP contribution is 2.25. The Hall–Kier alpha value is -3.23. The van der Waals surface area contributed by atoms with Gasteiger partial charge in [-0.2, -0.15) is 0 Å². The number of methoxy groups -OCH3 is 1. The fourth-order valence-corrected chi connectivity index (χ4v) is 3.31. The standard InChI is InChI=1S/C22H21ClN2O6/c1-13-17(23)5-3-6-18(13)24-19(26)12-31-22(29)14-7-8-15-16(11-14)21(28)25(20(15)27)9-4-10-30-2/h3,5-8,11H,4,9-10,12H2,1-2H3,(H,24,26). The number of halogens is 1. The highest BCUT2D eigenvalue weighted by molar-refractivity contribution is 6.31. The summed E-state index contributed by atoms with van der Waals surface area (Å²) in [5.41, 5.74) is 1.65. The molecule has 3 rings (SSSR count). The van der Waals surface area contributed by atoms with Crippen LogP contribution in [0.3, 0.4) is 0 Å². The second-order valence-electron chi connectivity index (χ2n) is 6.91. The van der Waals surface area contributed by atoms with Crippen molar-refractivity contribution in [3.63, 3.8) is 0 Å². The lowest BCUT2D eigenvalue weighted by Gasteiger charge is -2.12. The third kappa shape index (κ3) is 4.92. The van der Waals surface area contributed by atoms with Crippen molar-refractivity contribution >= 4 is 41.0 Å². The van der Waals surface area contributed by atoms with Crippen molar-refractivity contribution in [2.24, 2.45) is 0 Å². The number of benzene rings is 2. The molecule has 2 aromatic rings. The molecule has 0 bridgehead atoms. The molecule has 0 saturated heterocycles. The van der Waals surface area contributed by atoms with Crippen LogP contribution in [0.25, 0.3) is 0 Å². The van der Waals surface area contributed by atoms with Gasteiger partial charge >= 0.3 is 5.97 Å². The lowest BCUT2D eigenvalue weighted by atomic mass is 10.1. The van der Waals surface area contributed by atoms with Crippen LogP contribution < -0.4 is 5.32 Å². The number of carbonyl (C=O) groups is 4. The summed E-state index contributed by atoms with van der Waals surface area (Å²) in [6.45, 7) is 1.88. The van der Waals surface area contributed by atoms with Crippen molar-refractivity contribution in [2.45, 2.75) is 13.3 Å². The Kier molecular flexibility index (Phi) is 7.04. The van der Waals surface area contributed by atoms with Gasteiger partial charge in [0.2, 0.25) is 0 Å². The van der Waals surface area contributed by atoms with E-state index in [1.807, 2.05) is 0 Å². The number of amides is 3. The van der Waals surface area contributed by atoms with Gasteiger partial charge < -0.3 is 14.8 Å². The van der Waals surface area contributed by atoms with E-state index in [0.29, 0.717) is 29.3 Å². The van der Waals surface area contributed by atoms with Crippen LogP contribution in [-0.4, -0.2) is 55.5 Å². The molecule has 8 nitrogen and oxygen atoms in total. The van der Waals surface area contributed by atoms with Gasteiger partial charge in [0.25, 0.3) is 17.7 Å². The second-order valence-corrected chi connectivity index (χ2v) is 7.31. The molecule has 162 valence electrons. The Balaban J connectivity index is 1.62. The minimum absolute atomic E-state index is 0.0744. The summed E-state index contributed by atoms with van der Waals surface area (Å²) in [6, 6.07) is 9.20. The lowest BCUT2D eigenvalue weighted by molar-refractivity contribution is -0.119. The predicted octanol–water partition coefficient (Wildman–Crippen LogP) is 3.08. The molecule has 0 aliphatic carbocycles. The van der Waals surface area contributed by atoms with Gasteiger partial charge in [-0.3, -0.25) is 19.3 Å². The Morgan fingerprint density at radius 3 is 2.58 bits per heavy atom. The number of esters is 1. The number of imide groups is 1. The molecule has 0 fully saturated rings. The average molecular weight is 445 g/mol. The summed E-state index contributed by atoms with van der Waals surface area (Å²) in [5, 5.41) is 3.13. The highest BCUT2D eigenvalue weighted by atomic mass is 35.5. The first-order valence-electron chi connectivity index (χ1n) is 9.54. The average Bonchev–Trinajstić information content (AvgIpc) is 2.99. The fourth-order valence-electron chi connectivity index (χ4n) is 3.13. The molecule has 1 N–H and O–H groups in total. The van der Waals surface area contributed by atoms with E-state index in [9.17, 15) is 19.2 Å². The van der Waals surface area contributed by atoms with E-state index in [1.165, 1.54) is 25.3 Å². The van der Waals surface area contributed by atoms with Gasteiger partial charge in [-0.1, -0.05) is 17.7 Å². The van der Waals surface area contributed by atoms with E-state index in [-0.39, 0.29) is 23.2 Å². The number of rotatable bonds is 8. The molecule has 2 aromatic carbocycles. The second kappa shape index (κ2) is 9.72. The molecule has 31 heavy (non-hydrogen) atoms. The van der Waals surface area contributed by atoms with E-state index in [2.05, 4.69) is 5.32 Å². The van der Waals surface area contributed by atoms with E-state index in [1.54, 1.807) is 25.1 Å². The molecule has 3 amide bonds. The van der Waals surface area contributed by atoms with Gasteiger partial charge in [-0.15, -0.1) is 0 Å². The zero-order valence-corrected chi connectivity index (χ0v) is 17.8. The first-order chi connectivity index (χ1) is 14.8.